The van der Waals surface area contributed by atoms with Gasteiger partial charge in [-0.1, -0.05) is 0 Å². The van der Waals surface area contributed by atoms with E-state index < -0.39 is 10.0 Å². The first kappa shape index (κ1) is 16.9. The van der Waals surface area contributed by atoms with E-state index in [0.717, 1.165) is 11.4 Å². The second-order valence-electron chi connectivity index (χ2n) is 5.59. The van der Waals surface area contributed by atoms with E-state index in [9.17, 15) is 8.42 Å². The van der Waals surface area contributed by atoms with Gasteiger partial charge in [0.25, 0.3) is 0 Å². The Labute approximate surface area is 131 Å². The molecule has 8 nitrogen and oxygen atoms in total. The van der Waals surface area contributed by atoms with Crippen molar-refractivity contribution in [2.75, 3.05) is 56.8 Å². The molecule has 2 rings (SSSR count). The molecule has 1 fully saturated rings. The molecule has 1 saturated heterocycles. The van der Waals surface area contributed by atoms with Crippen LogP contribution in [0.4, 0.5) is 11.8 Å². The lowest BCUT2D eigenvalue weighted by atomic mass is 10.3. The first-order chi connectivity index (χ1) is 10.3. The summed E-state index contributed by atoms with van der Waals surface area (Å²) in [7, 11) is 0.670. The van der Waals surface area contributed by atoms with Crippen LogP contribution in [0, 0.1) is 6.92 Å². The summed E-state index contributed by atoms with van der Waals surface area (Å²) in [5.41, 5.74) is 0.993. The average molecular weight is 329 g/mol. The summed E-state index contributed by atoms with van der Waals surface area (Å²) in [5, 5.41) is 3.11. The van der Waals surface area contributed by atoms with E-state index >= 15 is 0 Å². The zero-order valence-corrected chi connectivity index (χ0v) is 14.2. The number of nitrogens with zero attached hydrogens (tertiary/aromatic N) is 4. The van der Waals surface area contributed by atoms with Crippen LogP contribution in [0.15, 0.2) is 6.20 Å². The van der Waals surface area contributed by atoms with Crippen LogP contribution >= 0.6 is 0 Å². The lowest BCUT2D eigenvalue weighted by molar-refractivity contribution is 0.00696. The fourth-order valence-corrected chi connectivity index (χ4v) is 3.14. The fourth-order valence-electron chi connectivity index (χ4n) is 2.29. The van der Waals surface area contributed by atoms with Crippen molar-refractivity contribution < 1.29 is 13.2 Å². The molecular weight excluding hydrogens is 306 g/mol. The Kier molecular flexibility index (Phi) is 5.20. The molecule has 0 amide bonds. The van der Waals surface area contributed by atoms with Gasteiger partial charge in [-0.25, -0.2) is 13.4 Å². The summed E-state index contributed by atoms with van der Waals surface area (Å²) in [6, 6.07) is 0. The summed E-state index contributed by atoms with van der Waals surface area (Å²) in [6.45, 7) is 3.56. The van der Waals surface area contributed by atoms with Crippen LogP contribution in [0.2, 0.25) is 0 Å². The predicted molar refractivity (Wildman–Crippen MR) is 85.7 cm³/mol. The predicted octanol–water partition coefficient (Wildman–Crippen LogP) is -0.0767. The largest absolute Gasteiger partial charge is 0.374 e. The quantitative estimate of drug-likeness (QED) is 0.808. The number of nitrogens with one attached hydrogen (secondary N) is 1. The van der Waals surface area contributed by atoms with Crippen LogP contribution in [-0.4, -0.2) is 75.4 Å². The minimum absolute atomic E-state index is 0.212. The third-order valence-corrected chi connectivity index (χ3v) is 4.70. The van der Waals surface area contributed by atoms with Gasteiger partial charge in [-0.3, -0.25) is 0 Å². The summed E-state index contributed by atoms with van der Waals surface area (Å²) in [4.78, 5) is 10.6. The first-order valence-corrected chi connectivity index (χ1v) is 8.94. The molecule has 22 heavy (non-hydrogen) atoms. The lowest BCUT2D eigenvalue weighted by Crippen LogP contribution is -2.47. The summed E-state index contributed by atoms with van der Waals surface area (Å²) in [5.74, 6) is 1.36. The highest BCUT2D eigenvalue weighted by molar-refractivity contribution is 7.88. The standard InChI is InChI=1S/C13H23N5O3S/c1-10-7-14-13(16-12(10)17(2)3)15-8-11-9-18(5-6-21-11)22(4,19)20/h7,11H,5-6,8-9H2,1-4H3,(H,14,15,16)/t11-/m1/s1. The van der Waals surface area contributed by atoms with Gasteiger partial charge in [-0.15, -0.1) is 0 Å². The number of aromatic nitrogens is 2. The van der Waals surface area contributed by atoms with Crippen LogP contribution in [0.5, 0.6) is 0 Å². The molecule has 0 unspecified atom stereocenters. The number of morpholine rings is 1. The molecule has 1 aromatic heterocycles. The smallest absolute Gasteiger partial charge is 0.224 e. The molecule has 2 heterocycles. The number of hydrogen-bond acceptors (Lipinski definition) is 7. The molecule has 1 aromatic rings. The molecule has 124 valence electrons. The monoisotopic (exact) mass is 329 g/mol. The molecule has 0 aromatic carbocycles. The van der Waals surface area contributed by atoms with E-state index in [1.165, 1.54) is 10.6 Å². The normalized spacial score (nSPS) is 19.9. The molecular formula is C13H23N5O3S. The Morgan fingerprint density at radius 1 is 1.50 bits per heavy atom. The summed E-state index contributed by atoms with van der Waals surface area (Å²) >= 11 is 0. The molecule has 0 aliphatic carbocycles. The summed E-state index contributed by atoms with van der Waals surface area (Å²) < 4.78 is 30.2. The Bertz CT molecular complexity index is 620. The molecule has 1 aliphatic rings. The van der Waals surface area contributed by atoms with E-state index in [2.05, 4.69) is 15.3 Å². The van der Waals surface area contributed by atoms with Gasteiger partial charge in [0.2, 0.25) is 16.0 Å². The first-order valence-electron chi connectivity index (χ1n) is 7.09. The number of sulfonamides is 1. The van der Waals surface area contributed by atoms with Gasteiger partial charge in [0.1, 0.15) is 5.82 Å². The molecule has 0 bridgehead atoms. The average Bonchev–Trinajstić information content (AvgIpc) is 2.45. The highest BCUT2D eigenvalue weighted by atomic mass is 32.2. The van der Waals surface area contributed by atoms with E-state index in [0.29, 0.717) is 32.2 Å². The van der Waals surface area contributed by atoms with Crippen molar-refractivity contribution in [2.45, 2.75) is 13.0 Å². The second-order valence-corrected chi connectivity index (χ2v) is 7.57. The Morgan fingerprint density at radius 2 is 2.23 bits per heavy atom. The topological polar surface area (TPSA) is 87.7 Å². The molecule has 1 aliphatic heterocycles. The SMILES string of the molecule is Cc1cnc(NC[C@@H]2CN(S(C)(=O)=O)CCO2)nc1N(C)C. The molecule has 0 spiro atoms. The third-order valence-electron chi connectivity index (χ3n) is 3.43. The zero-order valence-electron chi connectivity index (χ0n) is 13.4. The maximum atomic E-state index is 11.6. The highest BCUT2D eigenvalue weighted by Gasteiger charge is 2.26. The molecule has 9 heteroatoms. The van der Waals surface area contributed by atoms with Crippen LogP contribution in [0.3, 0.4) is 0 Å². The second kappa shape index (κ2) is 6.76. The van der Waals surface area contributed by atoms with Crippen molar-refractivity contribution in [1.82, 2.24) is 14.3 Å². The highest BCUT2D eigenvalue weighted by Crippen LogP contribution is 2.15. The van der Waals surface area contributed by atoms with Crippen LogP contribution in [0.1, 0.15) is 5.56 Å². The Morgan fingerprint density at radius 3 is 2.86 bits per heavy atom. The minimum Gasteiger partial charge on any atom is -0.374 e. The third kappa shape index (κ3) is 4.28. The van der Waals surface area contributed by atoms with Crippen LogP contribution < -0.4 is 10.2 Å². The molecule has 0 radical (unpaired) electrons. The van der Waals surface area contributed by atoms with E-state index in [-0.39, 0.29) is 6.10 Å². The minimum atomic E-state index is -3.18. The Hall–Kier alpha value is -1.45. The summed E-state index contributed by atoms with van der Waals surface area (Å²) in [6.07, 6.45) is 2.76. The van der Waals surface area contributed by atoms with Crippen molar-refractivity contribution in [3.63, 3.8) is 0 Å². The van der Waals surface area contributed by atoms with Crippen molar-refractivity contribution in [3.8, 4) is 0 Å². The number of aryl methyl sites for hydroxylation is 1. The van der Waals surface area contributed by atoms with E-state index in [4.69, 9.17) is 4.74 Å². The van der Waals surface area contributed by atoms with Crippen LogP contribution in [0.25, 0.3) is 0 Å². The lowest BCUT2D eigenvalue weighted by Gasteiger charge is -2.31. The number of rotatable bonds is 5. The molecule has 0 saturated carbocycles. The fraction of sp³-hybridized carbons (Fsp3) is 0.692. The van der Waals surface area contributed by atoms with Gasteiger partial charge in [-0.05, 0) is 6.92 Å². The van der Waals surface area contributed by atoms with Gasteiger partial charge in [0, 0.05) is 45.5 Å². The number of ether oxygens (including phenoxy) is 1. The molecule has 1 N–H and O–H groups in total. The maximum absolute atomic E-state index is 11.6. The van der Waals surface area contributed by atoms with Gasteiger partial charge >= 0.3 is 0 Å². The van der Waals surface area contributed by atoms with E-state index in [1.807, 2.05) is 25.9 Å². The van der Waals surface area contributed by atoms with Gasteiger partial charge < -0.3 is 15.0 Å². The number of anilines is 2. The van der Waals surface area contributed by atoms with Crippen LogP contribution in [-0.2, 0) is 14.8 Å². The van der Waals surface area contributed by atoms with Gasteiger partial charge in [0.15, 0.2) is 0 Å². The number of hydrogen-bond donors (Lipinski definition) is 1. The molecule has 1 atom stereocenters. The Balaban J connectivity index is 1.97. The van der Waals surface area contributed by atoms with Crippen molar-refractivity contribution in [2.24, 2.45) is 0 Å². The van der Waals surface area contributed by atoms with Gasteiger partial charge in [0.05, 0.1) is 19.0 Å². The van der Waals surface area contributed by atoms with Gasteiger partial charge in [-0.2, -0.15) is 9.29 Å². The van der Waals surface area contributed by atoms with Crippen molar-refractivity contribution >= 4 is 21.8 Å². The van der Waals surface area contributed by atoms with Crippen molar-refractivity contribution in [3.05, 3.63) is 11.8 Å². The zero-order chi connectivity index (χ0) is 16.3. The maximum Gasteiger partial charge on any atom is 0.224 e. The van der Waals surface area contributed by atoms with Crippen molar-refractivity contribution in [1.29, 1.82) is 0 Å². The van der Waals surface area contributed by atoms with E-state index in [1.54, 1.807) is 6.20 Å².